The van der Waals surface area contributed by atoms with Crippen LogP contribution in [-0.2, 0) is 35.5 Å². The van der Waals surface area contributed by atoms with Gasteiger partial charge in [0, 0.05) is 19.5 Å². The minimum Gasteiger partial charge on any atom is -0.482 e. The van der Waals surface area contributed by atoms with Crippen molar-refractivity contribution in [1.82, 2.24) is 4.90 Å². The van der Waals surface area contributed by atoms with Gasteiger partial charge in [0.1, 0.15) is 5.75 Å². The van der Waals surface area contributed by atoms with Gasteiger partial charge in [-0.15, -0.1) is 0 Å². The van der Waals surface area contributed by atoms with E-state index in [-0.39, 0.29) is 18.4 Å². The highest BCUT2D eigenvalue weighted by Gasteiger charge is 2.26. The number of carboxylic acid groups (broad SMARTS) is 1. The van der Waals surface area contributed by atoms with Gasteiger partial charge in [0.25, 0.3) is 0 Å². The molecule has 170 valence electrons. The minimum atomic E-state index is -0.983. The van der Waals surface area contributed by atoms with E-state index in [1.165, 1.54) is 0 Å². The molecule has 0 bridgehead atoms. The van der Waals surface area contributed by atoms with Gasteiger partial charge in [0.05, 0.1) is 0 Å². The van der Waals surface area contributed by atoms with Crippen LogP contribution in [0.25, 0.3) is 0 Å². The molecule has 1 unspecified atom stereocenters. The van der Waals surface area contributed by atoms with E-state index < -0.39 is 5.97 Å². The van der Waals surface area contributed by atoms with Crippen molar-refractivity contribution in [2.24, 2.45) is 5.92 Å². The molecule has 1 aliphatic carbocycles. The summed E-state index contributed by atoms with van der Waals surface area (Å²) in [6.07, 6.45) is 2.98. The topological polar surface area (TPSA) is 66.8 Å². The zero-order chi connectivity index (χ0) is 23.0. The van der Waals surface area contributed by atoms with Gasteiger partial charge in [-0.2, -0.15) is 0 Å². The second kappa shape index (κ2) is 10.8. The minimum absolute atomic E-state index is 0.162. The predicted octanol–water partition coefficient (Wildman–Crippen LogP) is 4.87. The lowest BCUT2D eigenvalue weighted by Crippen LogP contribution is -2.32. The fraction of sp³-hybridized carbons (Fsp3) is 0.286. The van der Waals surface area contributed by atoms with Gasteiger partial charge in [0.2, 0.25) is 5.91 Å². The Kier molecular flexibility index (Phi) is 7.40. The van der Waals surface area contributed by atoms with Gasteiger partial charge in [-0.05, 0) is 53.5 Å². The molecule has 0 radical (unpaired) electrons. The maximum absolute atomic E-state index is 13.4. The number of carbonyl (C=O) groups is 2. The van der Waals surface area contributed by atoms with Crippen LogP contribution in [0.2, 0.25) is 0 Å². The molecular formula is C28H29NO4. The van der Waals surface area contributed by atoms with E-state index in [0.717, 1.165) is 41.5 Å². The number of aliphatic carboxylic acids is 1. The van der Waals surface area contributed by atoms with E-state index in [0.29, 0.717) is 25.3 Å². The fourth-order valence-corrected chi connectivity index (χ4v) is 4.51. The van der Waals surface area contributed by atoms with Crippen molar-refractivity contribution in [2.75, 3.05) is 6.61 Å². The van der Waals surface area contributed by atoms with Gasteiger partial charge >= 0.3 is 5.97 Å². The van der Waals surface area contributed by atoms with Crippen LogP contribution >= 0.6 is 0 Å². The normalized spacial score (nSPS) is 14.8. The highest BCUT2D eigenvalue weighted by atomic mass is 16.5. The Labute approximate surface area is 194 Å². The number of nitrogens with zero attached hydrogens (tertiary/aromatic N) is 1. The molecule has 33 heavy (non-hydrogen) atoms. The Hall–Kier alpha value is -3.60. The van der Waals surface area contributed by atoms with E-state index in [4.69, 9.17) is 9.84 Å². The smallest absolute Gasteiger partial charge is 0.341 e. The Morgan fingerprint density at radius 1 is 0.879 bits per heavy atom. The molecule has 0 saturated carbocycles. The second-order valence-corrected chi connectivity index (χ2v) is 8.61. The highest BCUT2D eigenvalue weighted by molar-refractivity contribution is 5.76. The molecule has 4 rings (SSSR count). The molecule has 1 atom stereocenters. The number of ether oxygens (including phenoxy) is 1. The monoisotopic (exact) mass is 443 g/mol. The SMILES string of the molecule is O=C(O)COc1cccc2c1CCC(CC(=O)N(Cc1ccccc1)Cc1ccccc1)C2. The third-order valence-electron chi connectivity index (χ3n) is 6.14. The van der Waals surface area contributed by atoms with E-state index in [2.05, 4.69) is 30.3 Å². The van der Waals surface area contributed by atoms with Gasteiger partial charge in [0.15, 0.2) is 6.61 Å². The zero-order valence-electron chi connectivity index (χ0n) is 18.7. The Bertz CT molecular complexity index is 1040. The number of carboxylic acids is 1. The first-order valence-corrected chi connectivity index (χ1v) is 11.4. The molecular weight excluding hydrogens is 414 g/mol. The molecule has 5 nitrogen and oxygen atoms in total. The first-order chi connectivity index (χ1) is 16.1. The van der Waals surface area contributed by atoms with Crippen molar-refractivity contribution in [1.29, 1.82) is 0 Å². The van der Waals surface area contributed by atoms with Gasteiger partial charge in [-0.25, -0.2) is 4.79 Å². The number of benzene rings is 3. The Balaban J connectivity index is 1.44. The predicted molar refractivity (Wildman–Crippen MR) is 127 cm³/mol. The summed E-state index contributed by atoms with van der Waals surface area (Å²) < 4.78 is 5.48. The van der Waals surface area contributed by atoms with Crippen LogP contribution in [-0.4, -0.2) is 28.5 Å². The molecule has 0 saturated heterocycles. The highest BCUT2D eigenvalue weighted by Crippen LogP contribution is 2.34. The lowest BCUT2D eigenvalue weighted by atomic mass is 9.81. The van der Waals surface area contributed by atoms with Crippen LogP contribution in [0, 0.1) is 5.92 Å². The molecule has 1 aliphatic rings. The summed E-state index contributed by atoms with van der Waals surface area (Å²) in [7, 11) is 0. The van der Waals surface area contributed by atoms with Gasteiger partial charge < -0.3 is 14.7 Å². The van der Waals surface area contributed by atoms with Crippen molar-refractivity contribution in [3.8, 4) is 5.75 Å². The van der Waals surface area contributed by atoms with E-state index in [1.54, 1.807) is 0 Å². The number of hydrogen-bond acceptors (Lipinski definition) is 3. The van der Waals surface area contributed by atoms with E-state index >= 15 is 0 Å². The zero-order valence-corrected chi connectivity index (χ0v) is 18.7. The Morgan fingerprint density at radius 2 is 1.52 bits per heavy atom. The second-order valence-electron chi connectivity index (χ2n) is 8.61. The fourth-order valence-electron chi connectivity index (χ4n) is 4.51. The average molecular weight is 444 g/mol. The third-order valence-corrected chi connectivity index (χ3v) is 6.14. The molecule has 0 heterocycles. The summed E-state index contributed by atoms with van der Waals surface area (Å²) >= 11 is 0. The molecule has 3 aromatic carbocycles. The number of rotatable bonds is 9. The summed E-state index contributed by atoms with van der Waals surface area (Å²) in [4.78, 5) is 26.2. The molecule has 3 aromatic rings. The van der Waals surface area contributed by atoms with Gasteiger partial charge in [-0.1, -0.05) is 72.8 Å². The summed E-state index contributed by atoms with van der Waals surface area (Å²) in [6, 6.07) is 26.0. The lowest BCUT2D eigenvalue weighted by Gasteiger charge is -2.29. The van der Waals surface area contributed by atoms with Crippen LogP contribution < -0.4 is 4.74 Å². The van der Waals surface area contributed by atoms with E-state index in [1.807, 2.05) is 53.4 Å². The first kappa shape index (κ1) is 22.6. The van der Waals surface area contributed by atoms with Crippen LogP contribution in [0.4, 0.5) is 0 Å². The maximum Gasteiger partial charge on any atom is 0.341 e. The molecule has 5 heteroatoms. The number of hydrogen-bond donors (Lipinski definition) is 1. The molecule has 0 aliphatic heterocycles. The van der Waals surface area contributed by atoms with Gasteiger partial charge in [-0.3, -0.25) is 4.79 Å². The van der Waals surface area contributed by atoms with Crippen LogP contribution in [0.3, 0.4) is 0 Å². The number of amides is 1. The van der Waals surface area contributed by atoms with Crippen molar-refractivity contribution >= 4 is 11.9 Å². The molecule has 1 N–H and O–H groups in total. The lowest BCUT2D eigenvalue weighted by molar-refractivity contribution is -0.139. The number of fused-ring (bicyclic) bond motifs is 1. The summed E-state index contributed by atoms with van der Waals surface area (Å²) in [5.41, 5.74) is 4.47. The first-order valence-electron chi connectivity index (χ1n) is 11.4. The van der Waals surface area contributed by atoms with Crippen molar-refractivity contribution in [2.45, 2.75) is 38.8 Å². The van der Waals surface area contributed by atoms with Crippen LogP contribution in [0.5, 0.6) is 5.75 Å². The van der Waals surface area contributed by atoms with Crippen molar-refractivity contribution < 1.29 is 19.4 Å². The standard InChI is InChI=1S/C28H29NO4/c30-27(29(18-21-8-3-1-4-9-21)19-22-10-5-2-6-11-22)17-23-14-15-25-24(16-23)12-7-13-26(25)33-20-28(31)32/h1-13,23H,14-20H2,(H,31,32). The van der Waals surface area contributed by atoms with Crippen LogP contribution in [0.15, 0.2) is 78.9 Å². The molecule has 0 fully saturated rings. The summed E-state index contributed by atoms with van der Waals surface area (Å²) in [6.45, 7) is 0.836. The van der Waals surface area contributed by atoms with Crippen molar-refractivity contribution in [3.05, 3.63) is 101 Å². The largest absolute Gasteiger partial charge is 0.482 e. The third kappa shape index (κ3) is 6.22. The quantitative estimate of drug-likeness (QED) is 0.512. The van der Waals surface area contributed by atoms with E-state index in [9.17, 15) is 9.59 Å². The molecule has 0 spiro atoms. The molecule has 0 aromatic heterocycles. The van der Waals surface area contributed by atoms with Crippen molar-refractivity contribution in [3.63, 3.8) is 0 Å². The number of carbonyl (C=O) groups excluding carboxylic acids is 1. The maximum atomic E-state index is 13.4. The summed E-state index contributed by atoms with van der Waals surface area (Å²) in [5, 5.41) is 8.92. The summed E-state index contributed by atoms with van der Waals surface area (Å²) in [5.74, 6) is 0.0847. The average Bonchev–Trinajstić information content (AvgIpc) is 2.83. The van der Waals surface area contributed by atoms with Crippen LogP contribution in [0.1, 0.15) is 35.1 Å². The molecule has 1 amide bonds. The Morgan fingerprint density at radius 3 is 2.12 bits per heavy atom.